The Morgan fingerprint density at radius 2 is 1.92 bits per heavy atom. The zero-order chi connectivity index (χ0) is 18.6. The SMILES string of the molecule is CCOC(=O)[C@H]1C[C@@H](C(=O)OCC)[C@@H](c2cc(Br)ccc2[N+](=O)[O-])N1. The minimum atomic E-state index is -0.724. The summed E-state index contributed by atoms with van der Waals surface area (Å²) in [5.41, 5.74) is 0.198. The largest absolute Gasteiger partial charge is 0.466 e. The van der Waals surface area contributed by atoms with Gasteiger partial charge in [-0.25, -0.2) is 0 Å². The third kappa shape index (κ3) is 4.35. The van der Waals surface area contributed by atoms with Gasteiger partial charge in [-0.1, -0.05) is 15.9 Å². The molecule has 9 heteroatoms. The van der Waals surface area contributed by atoms with Gasteiger partial charge in [-0.2, -0.15) is 0 Å². The molecular formula is C16H19BrN2O6. The fourth-order valence-corrected chi connectivity index (χ4v) is 3.31. The minimum absolute atomic E-state index is 0.125. The molecule has 0 amide bonds. The number of nitrogens with zero attached hydrogens (tertiary/aromatic N) is 1. The van der Waals surface area contributed by atoms with Crippen LogP contribution in [0.4, 0.5) is 5.69 Å². The molecule has 1 aromatic carbocycles. The second-order valence-corrected chi connectivity index (χ2v) is 6.42. The molecule has 0 aromatic heterocycles. The first-order valence-electron chi connectivity index (χ1n) is 7.92. The fourth-order valence-electron chi connectivity index (χ4n) is 2.93. The van der Waals surface area contributed by atoms with Gasteiger partial charge >= 0.3 is 11.9 Å². The van der Waals surface area contributed by atoms with E-state index in [0.29, 0.717) is 10.0 Å². The second-order valence-electron chi connectivity index (χ2n) is 5.50. The van der Waals surface area contributed by atoms with Crippen LogP contribution in [-0.4, -0.2) is 36.1 Å². The average molecular weight is 415 g/mol. The maximum absolute atomic E-state index is 12.3. The third-order valence-electron chi connectivity index (χ3n) is 3.95. The van der Waals surface area contributed by atoms with E-state index in [4.69, 9.17) is 9.47 Å². The standard InChI is InChI=1S/C16H19BrN2O6/c1-3-24-15(20)11-8-12(16(21)25-4-2)18-14(11)10-7-9(17)5-6-13(10)19(22)23/h5-7,11-12,14,18H,3-4,8H2,1-2H3/t11-,12-,14-/m1/s1. The van der Waals surface area contributed by atoms with Gasteiger partial charge in [-0.05, 0) is 32.4 Å². The Balaban J connectivity index is 2.41. The van der Waals surface area contributed by atoms with Gasteiger partial charge in [0.1, 0.15) is 6.04 Å². The normalized spacial score (nSPS) is 22.4. The number of halogens is 1. The van der Waals surface area contributed by atoms with Crippen molar-refractivity contribution in [3.8, 4) is 0 Å². The molecule has 1 aliphatic heterocycles. The minimum Gasteiger partial charge on any atom is -0.466 e. The first-order chi connectivity index (χ1) is 11.9. The number of hydrogen-bond acceptors (Lipinski definition) is 7. The predicted molar refractivity (Wildman–Crippen MR) is 91.8 cm³/mol. The Morgan fingerprint density at radius 1 is 1.28 bits per heavy atom. The highest BCUT2D eigenvalue weighted by atomic mass is 79.9. The maximum atomic E-state index is 12.3. The Labute approximate surface area is 153 Å². The topological polar surface area (TPSA) is 108 Å². The zero-order valence-corrected chi connectivity index (χ0v) is 15.4. The summed E-state index contributed by atoms with van der Waals surface area (Å²) in [4.78, 5) is 35.2. The van der Waals surface area contributed by atoms with E-state index in [9.17, 15) is 19.7 Å². The summed E-state index contributed by atoms with van der Waals surface area (Å²) in [7, 11) is 0. The van der Waals surface area contributed by atoms with E-state index in [2.05, 4.69) is 21.2 Å². The molecule has 0 saturated carbocycles. The van der Waals surface area contributed by atoms with Gasteiger partial charge in [0.25, 0.3) is 5.69 Å². The van der Waals surface area contributed by atoms with Gasteiger partial charge in [0, 0.05) is 16.1 Å². The lowest BCUT2D eigenvalue weighted by Gasteiger charge is -2.19. The molecule has 3 atom stereocenters. The lowest BCUT2D eigenvalue weighted by atomic mass is 9.92. The van der Waals surface area contributed by atoms with Crippen molar-refractivity contribution in [2.75, 3.05) is 13.2 Å². The molecule has 0 radical (unpaired) electrons. The molecule has 2 rings (SSSR count). The van der Waals surface area contributed by atoms with E-state index in [0.717, 1.165) is 0 Å². The summed E-state index contributed by atoms with van der Waals surface area (Å²) in [6.45, 7) is 3.77. The van der Waals surface area contributed by atoms with E-state index < -0.39 is 34.9 Å². The van der Waals surface area contributed by atoms with E-state index in [1.807, 2.05) is 0 Å². The summed E-state index contributed by atoms with van der Waals surface area (Å²) < 4.78 is 10.7. The number of nitrogens with one attached hydrogen (secondary N) is 1. The summed E-state index contributed by atoms with van der Waals surface area (Å²) >= 11 is 3.29. The quantitative estimate of drug-likeness (QED) is 0.432. The number of carbonyl (C=O) groups excluding carboxylic acids is 2. The molecule has 0 bridgehead atoms. The van der Waals surface area contributed by atoms with E-state index in [1.165, 1.54) is 6.07 Å². The van der Waals surface area contributed by atoms with Crippen molar-refractivity contribution in [2.45, 2.75) is 32.4 Å². The summed E-state index contributed by atoms with van der Waals surface area (Å²) in [5, 5.41) is 14.4. The second kappa shape index (κ2) is 8.39. The van der Waals surface area contributed by atoms with Gasteiger partial charge in [-0.15, -0.1) is 0 Å². The Hall–Kier alpha value is -2.00. The first kappa shape index (κ1) is 19.3. The number of esters is 2. The van der Waals surface area contributed by atoms with Crippen molar-refractivity contribution >= 4 is 33.6 Å². The van der Waals surface area contributed by atoms with E-state index in [-0.39, 0.29) is 25.3 Å². The van der Waals surface area contributed by atoms with Crippen molar-refractivity contribution < 1.29 is 24.0 Å². The molecular weight excluding hydrogens is 396 g/mol. The van der Waals surface area contributed by atoms with Crippen LogP contribution in [0.5, 0.6) is 0 Å². The van der Waals surface area contributed by atoms with Crippen molar-refractivity contribution in [2.24, 2.45) is 5.92 Å². The lowest BCUT2D eigenvalue weighted by molar-refractivity contribution is -0.385. The number of rotatable bonds is 6. The molecule has 1 fully saturated rings. The van der Waals surface area contributed by atoms with E-state index >= 15 is 0 Å². The van der Waals surface area contributed by atoms with Crippen LogP contribution in [-0.2, 0) is 19.1 Å². The number of hydrogen-bond donors (Lipinski definition) is 1. The lowest BCUT2D eigenvalue weighted by Crippen LogP contribution is -2.34. The van der Waals surface area contributed by atoms with Crippen molar-refractivity contribution in [3.63, 3.8) is 0 Å². The maximum Gasteiger partial charge on any atom is 0.323 e. The smallest absolute Gasteiger partial charge is 0.323 e. The van der Waals surface area contributed by atoms with Crippen LogP contribution in [0.25, 0.3) is 0 Å². The summed E-state index contributed by atoms with van der Waals surface area (Å²) in [6, 6.07) is 3.05. The Bertz CT molecular complexity index is 681. The monoisotopic (exact) mass is 414 g/mol. The van der Waals surface area contributed by atoms with Crippen molar-refractivity contribution in [1.82, 2.24) is 5.32 Å². The highest BCUT2D eigenvalue weighted by Gasteiger charge is 2.45. The van der Waals surface area contributed by atoms with Crippen LogP contribution >= 0.6 is 15.9 Å². The Morgan fingerprint density at radius 3 is 2.52 bits per heavy atom. The summed E-state index contributed by atoms with van der Waals surface area (Å²) in [6.07, 6.45) is 0.159. The van der Waals surface area contributed by atoms with Crippen LogP contribution in [0.1, 0.15) is 31.9 Å². The molecule has 1 aliphatic rings. The molecule has 1 saturated heterocycles. The fraction of sp³-hybridized carbons (Fsp3) is 0.500. The number of nitro benzene ring substituents is 1. The van der Waals surface area contributed by atoms with Gasteiger partial charge in [0.15, 0.2) is 0 Å². The summed E-state index contributed by atoms with van der Waals surface area (Å²) in [5.74, 6) is -1.71. The predicted octanol–water partition coefficient (Wildman–Crippen LogP) is 2.50. The molecule has 0 spiro atoms. The van der Waals surface area contributed by atoms with Gasteiger partial charge in [-0.3, -0.25) is 25.0 Å². The number of carbonyl (C=O) groups is 2. The highest BCUT2D eigenvalue weighted by Crippen LogP contribution is 2.39. The molecule has 25 heavy (non-hydrogen) atoms. The zero-order valence-electron chi connectivity index (χ0n) is 13.9. The average Bonchev–Trinajstić information content (AvgIpc) is 3.00. The van der Waals surface area contributed by atoms with Crippen LogP contribution < -0.4 is 5.32 Å². The van der Waals surface area contributed by atoms with Crippen LogP contribution in [0, 0.1) is 16.0 Å². The number of ether oxygens (including phenoxy) is 2. The molecule has 0 unspecified atom stereocenters. The molecule has 1 heterocycles. The number of nitro groups is 1. The van der Waals surface area contributed by atoms with Crippen LogP contribution in [0.15, 0.2) is 22.7 Å². The molecule has 1 N–H and O–H groups in total. The number of benzene rings is 1. The van der Waals surface area contributed by atoms with Crippen molar-refractivity contribution in [3.05, 3.63) is 38.3 Å². The van der Waals surface area contributed by atoms with E-state index in [1.54, 1.807) is 26.0 Å². The molecule has 8 nitrogen and oxygen atoms in total. The molecule has 1 aromatic rings. The highest BCUT2D eigenvalue weighted by molar-refractivity contribution is 9.10. The third-order valence-corrected chi connectivity index (χ3v) is 4.45. The molecule has 0 aliphatic carbocycles. The van der Waals surface area contributed by atoms with Crippen LogP contribution in [0.3, 0.4) is 0 Å². The van der Waals surface area contributed by atoms with Crippen molar-refractivity contribution in [1.29, 1.82) is 0 Å². The van der Waals surface area contributed by atoms with Gasteiger partial charge in [0.2, 0.25) is 0 Å². The molecule has 136 valence electrons. The van der Waals surface area contributed by atoms with Crippen LogP contribution in [0.2, 0.25) is 0 Å². The van der Waals surface area contributed by atoms with Gasteiger partial charge < -0.3 is 9.47 Å². The first-order valence-corrected chi connectivity index (χ1v) is 8.71. The Kier molecular flexibility index (Phi) is 6.49. The van der Waals surface area contributed by atoms with Gasteiger partial charge in [0.05, 0.1) is 30.1 Å².